The van der Waals surface area contributed by atoms with E-state index in [9.17, 15) is 10.1 Å². The molecular weight excluding hydrogens is 254 g/mol. The molecule has 1 aromatic carbocycles. The van der Waals surface area contributed by atoms with Crippen LogP contribution in [0.4, 0.5) is 5.69 Å². The summed E-state index contributed by atoms with van der Waals surface area (Å²) in [5, 5.41) is 23.3. The van der Waals surface area contributed by atoms with Crippen molar-refractivity contribution in [2.45, 2.75) is 45.6 Å². The first-order chi connectivity index (χ1) is 9.62. The number of nitriles is 1. The molecular formula is C15H21N3O2. The number of benzene rings is 1. The van der Waals surface area contributed by atoms with Crippen LogP contribution in [0.3, 0.4) is 0 Å². The summed E-state index contributed by atoms with van der Waals surface area (Å²) in [5.74, 6) is 0. The minimum atomic E-state index is -0.513. The summed E-state index contributed by atoms with van der Waals surface area (Å²) in [6.45, 7) is 5.22. The van der Waals surface area contributed by atoms with Gasteiger partial charge in [0.1, 0.15) is 11.6 Å². The Bertz CT molecular complexity index is 494. The molecule has 1 aromatic rings. The number of nitrogens with one attached hydrogen (secondary N) is 1. The van der Waals surface area contributed by atoms with Crippen LogP contribution in [0.25, 0.3) is 0 Å². The third-order valence-electron chi connectivity index (χ3n) is 3.18. The van der Waals surface area contributed by atoms with Crippen LogP contribution in [-0.4, -0.2) is 17.5 Å². The van der Waals surface area contributed by atoms with Crippen LogP contribution in [0.2, 0.25) is 0 Å². The fourth-order valence-electron chi connectivity index (χ4n) is 2.22. The van der Waals surface area contributed by atoms with E-state index in [0.717, 1.165) is 37.8 Å². The highest BCUT2D eigenvalue weighted by Gasteiger charge is 2.15. The van der Waals surface area contributed by atoms with Crippen LogP contribution in [-0.2, 0) is 6.42 Å². The second kappa shape index (κ2) is 8.28. The van der Waals surface area contributed by atoms with Gasteiger partial charge in [-0.2, -0.15) is 5.26 Å². The molecule has 5 heteroatoms. The molecule has 0 aliphatic carbocycles. The molecule has 1 rings (SSSR count). The van der Waals surface area contributed by atoms with Crippen molar-refractivity contribution in [1.82, 2.24) is 5.32 Å². The molecule has 0 aromatic heterocycles. The summed E-state index contributed by atoms with van der Waals surface area (Å²) >= 11 is 0. The second-order valence-electron chi connectivity index (χ2n) is 4.86. The molecule has 1 unspecified atom stereocenters. The lowest BCUT2D eigenvalue weighted by Crippen LogP contribution is -2.31. The Labute approximate surface area is 119 Å². The molecule has 20 heavy (non-hydrogen) atoms. The Morgan fingerprint density at radius 2 is 2.15 bits per heavy atom. The highest BCUT2D eigenvalue weighted by atomic mass is 16.6. The smallest absolute Gasteiger partial charge is 0.287 e. The van der Waals surface area contributed by atoms with Gasteiger partial charge in [0.25, 0.3) is 5.69 Å². The van der Waals surface area contributed by atoms with E-state index in [1.165, 1.54) is 6.07 Å². The molecule has 1 N–H and O–H groups in total. The topological polar surface area (TPSA) is 79.0 Å². The van der Waals surface area contributed by atoms with Crippen LogP contribution in [0.5, 0.6) is 0 Å². The lowest BCUT2D eigenvalue weighted by molar-refractivity contribution is -0.385. The van der Waals surface area contributed by atoms with E-state index in [1.807, 2.05) is 6.07 Å². The zero-order valence-corrected chi connectivity index (χ0v) is 12.1. The van der Waals surface area contributed by atoms with Crippen molar-refractivity contribution in [2.75, 3.05) is 6.54 Å². The van der Waals surface area contributed by atoms with Crippen molar-refractivity contribution in [3.63, 3.8) is 0 Å². The van der Waals surface area contributed by atoms with Gasteiger partial charge in [-0.15, -0.1) is 0 Å². The molecule has 0 bridgehead atoms. The van der Waals surface area contributed by atoms with Crippen molar-refractivity contribution in [2.24, 2.45) is 0 Å². The molecule has 0 saturated heterocycles. The molecule has 0 aliphatic rings. The van der Waals surface area contributed by atoms with Gasteiger partial charge in [-0.1, -0.05) is 26.3 Å². The van der Waals surface area contributed by atoms with Gasteiger partial charge in [-0.3, -0.25) is 10.1 Å². The Morgan fingerprint density at radius 3 is 2.70 bits per heavy atom. The van der Waals surface area contributed by atoms with E-state index in [0.29, 0.717) is 6.04 Å². The summed E-state index contributed by atoms with van der Waals surface area (Å²) in [6.07, 6.45) is 4.00. The molecule has 0 heterocycles. The average Bonchev–Trinajstić information content (AvgIpc) is 2.44. The summed E-state index contributed by atoms with van der Waals surface area (Å²) in [5.41, 5.74) is 0.984. The van der Waals surface area contributed by atoms with Crippen LogP contribution >= 0.6 is 0 Å². The maximum absolute atomic E-state index is 10.8. The quantitative estimate of drug-likeness (QED) is 0.583. The van der Waals surface area contributed by atoms with Crippen LogP contribution < -0.4 is 5.32 Å². The maximum Gasteiger partial charge on any atom is 0.287 e. The fourth-order valence-corrected chi connectivity index (χ4v) is 2.22. The lowest BCUT2D eigenvalue weighted by Gasteiger charge is -2.18. The monoisotopic (exact) mass is 275 g/mol. The highest BCUT2D eigenvalue weighted by molar-refractivity contribution is 5.50. The molecule has 0 aliphatic heterocycles. The van der Waals surface area contributed by atoms with Gasteiger partial charge < -0.3 is 5.32 Å². The van der Waals surface area contributed by atoms with Crippen molar-refractivity contribution < 1.29 is 4.92 Å². The van der Waals surface area contributed by atoms with Gasteiger partial charge >= 0.3 is 0 Å². The van der Waals surface area contributed by atoms with E-state index < -0.39 is 4.92 Å². The van der Waals surface area contributed by atoms with Crippen LogP contribution in [0.1, 0.15) is 44.2 Å². The Kier molecular flexibility index (Phi) is 6.68. The van der Waals surface area contributed by atoms with Gasteiger partial charge in [-0.05, 0) is 37.4 Å². The number of nitrogens with zero attached hydrogens (tertiary/aromatic N) is 2. The Morgan fingerprint density at radius 1 is 1.40 bits per heavy atom. The number of nitro benzene ring substituents is 1. The first kappa shape index (κ1) is 16.1. The lowest BCUT2D eigenvalue weighted by atomic mass is 9.99. The fraction of sp³-hybridized carbons (Fsp3) is 0.533. The number of hydrogen-bond acceptors (Lipinski definition) is 4. The van der Waals surface area contributed by atoms with Gasteiger partial charge in [-0.25, -0.2) is 0 Å². The predicted octanol–water partition coefficient (Wildman–Crippen LogP) is 3.18. The van der Waals surface area contributed by atoms with E-state index >= 15 is 0 Å². The minimum absolute atomic E-state index is 0.121. The average molecular weight is 275 g/mol. The zero-order chi connectivity index (χ0) is 15.0. The molecule has 1 atom stereocenters. The summed E-state index contributed by atoms with van der Waals surface area (Å²) < 4.78 is 0. The third-order valence-corrected chi connectivity index (χ3v) is 3.18. The van der Waals surface area contributed by atoms with Crippen molar-refractivity contribution in [1.29, 1.82) is 5.26 Å². The molecule has 0 spiro atoms. The van der Waals surface area contributed by atoms with Crippen molar-refractivity contribution >= 4 is 5.69 Å². The summed E-state index contributed by atoms with van der Waals surface area (Å²) in [4.78, 5) is 10.3. The van der Waals surface area contributed by atoms with Gasteiger partial charge in [0, 0.05) is 12.1 Å². The second-order valence-corrected chi connectivity index (χ2v) is 4.86. The van der Waals surface area contributed by atoms with E-state index in [1.54, 1.807) is 12.1 Å². The summed E-state index contributed by atoms with van der Waals surface area (Å²) in [7, 11) is 0. The van der Waals surface area contributed by atoms with Crippen LogP contribution in [0.15, 0.2) is 18.2 Å². The minimum Gasteiger partial charge on any atom is -0.314 e. The zero-order valence-electron chi connectivity index (χ0n) is 12.1. The molecule has 0 saturated carbocycles. The number of rotatable bonds is 8. The van der Waals surface area contributed by atoms with E-state index in [4.69, 9.17) is 5.26 Å². The van der Waals surface area contributed by atoms with E-state index in [-0.39, 0.29) is 11.3 Å². The Hall–Kier alpha value is -1.93. The Balaban J connectivity index is 2.85. The normalized spacial score (nSPS) is 11.8. The highest BCUT2D eigenvalue weighted by Crippen LogP contribution is 2.20. The molecule has 5 nitrogen and oxygen atoms in total. The van der Waals surface area contributed by atoms with Gasteiger partial charge in [0.2, 0.25) is 0 Å². The van der Waals surface area contributed by atoms with Crippen molar-refractivity contribution in [3.8, 4) is 6.07 Å². The molecule has 0 radical (unpaired) electrons. The van der Waals surface area contributed by atoms with Gasteiger partial charge in [0.05, 0.1) is 4.92 Å². The largest absolute Gasteiger partial charge is 0.314 e. The van der Waals surface area contributed by atoms with Crippen LogP contribution in [0, 0.1) is 21.4 Å². The molecule has 108 valence electrons. The SMILES string of the molecule is CCCNC(CCC)Cc1ccc([N+](=O)[O-])c(C#N)c1. The molecule has 0 fully saturated rings. The van der Waals surface area contributed by atoms with Crippen molar-refractivity contribution in [3.05, 3.63) is 39.4 Å². The third kappa shape index (κ3) is 4.63. The maximum atomic E-state index is 10.8. The van der Waals surface area contributed by atoms with E-state index in [2.05, 4.69) is 19.2 Å². The first-order valence-electron chi connectivity index (χ1n) is 7.03. The first-order valence-corrected chi connectivity index (χ1v) is 7.03. The predicted molar refractivity (Wildman–Crippen MR) is 78.5 cm³/mol. The molecule has 0 amide bonds. The number of hydrogen-bond donors (Lipinski definition) is 1. The van der Waals surface area contributed by atoms with Gasteiger partial charge in [0.15, 0.2) is 0 Å². The summed E-state index contributed by atoms with van der Waals surface area (Å²) in [6, 6.07) is 7.06. The number of nitro groups is 1. The standard InChI is InChI=1S/C15H21N3O2/c1-3-5-14(17-8-4-2)10-12-6-7-15(18(19)20)13(9-12)11-16/h6-7,9,14,17H,3-5,8,10H2,1-2H3.